The van der Waals surface area contributed by atoms with Gasteiger partial charge in [-0.05, 0) is 24.4 Å². The van der Waals surface area contributed by atoms with Gasteiger partial charge in [0.25, 0.3) is 10.0 Å². The highest BCUT2D eigenvalue weighted by atomic mass is 32.2. The maximum atomic E-state index is 11.9. The lowest BCUT2D eigenvalue weighted by Crippen LogP contribution is -2.39. The Hall–Kier alpha value is -1.14. The van der Waals surface area contributed by atoms with E-state index in [0.717, 1.165) is 4.31 Å². The maximum absolute atomic E-state index is 11.9. The minimum Gasteiger partial charge on any atom is -0.365 e. The minimum absolute atomic E-state index is 0.166. The van der Waals surface area contributed by atoms with Gasteiger partial charge in [0.05, 0.1) is 4.90 Å². The van der Waals surface area contributed by atoms with Crippen molar-refractivity contribution in [1.29, 1.82) is 0 Å². The van der Waals surface area contributed by atoms with E-state index in [1.165, 1.54) is 19.2 Å². The highest BCUT2D eigenvalue weighted by Crippen LogP contribution is 2.13. The number of rotatable bonds is 2. The lowest BCUT2D eigenvalue weighted by Gasteiger charge is -2.19. The molecule has 15 heavy (non-hydrogen) atoms. The first kappa shape index (κ1) is 11.9. The van der Waals surface area contributed by atoms with Crippen molar-refractivity contribution in [3.05, 3.63) is 30.3 Å². The summed E-state index contributed by atoms with van der Waals surface area (Å²) < 4.78 is 24.9. The molecule has 0 aliphatic rings. The van der Waals surface area contributed by atoms with Crippen molar-refractivity contribution in [1.82, 2.24) is 9.62 Å². The highest BCUT2D eigenvalue weighted by molar-refractivity contribution is 7.91. The van der Waals surface area contributed by atoms with Crippen molar-refractivity contribution < 1.29 is 8.42 Å². The smallest absolute Gasteiger partial charge is 0.265 e. The van der Waals surface area contributed by atoms with Crippen LogP contribution in [-0.2, 0) is 10.0 Å². The van der Waals surface area contributed by atoms with E-state index in [4.69, 9.17) is 12.2 Å². The van der Waals surface area contributed by atoms with Crippen LogP contribution in [-0.4, -0.2) is 31.9 Å². The predicted octanol–water partition coefficient (Wildman–Crippen LogP) is 0.811. The lowest BCUT2D eigenvalue weighted by molar-refractivity contribution is 0.551. The molecule has 0 radical (unpaired) electrons. The van der Waals surface area contributed by atoms with Gasteiger partial charge in [-0.1, -0.05) is 18.2 Å². The van der Waals surface area contributed by atoms with Crippen molar-refractivity contribution >= 4 is 27.4 Å². The van der Waals surface area contributed by atoms with Gasteiger partial charge in [0.15, 0.2) is 5.11 Å². The van der Waals surface area contributed by atoms with Gasteiger partial charge in [0.2, 0.25) is 0 Å². The maximum Gasteiger partial charge on any atom is 0.265 e. The first-order chi connectivity index (χ1) is 7.00. The third kappa shape index (κ3) is 2.45. The molecule has 0 bridgehead atoms. The monoisotopic (exact) mass is 244 g/mol. The molecule has 0 unspecified atom stereocenters. The molecule has 1 rings (SSSR count). The first-order valence-electron chi connectivity index (χ1n) is 4.26. The Kier molecular flexibility index (Phi) is 3.65. The van der Waals surface area contributed by atoms with Crippen LogP contribution in [0.2, 0.25) is 0 Å². The summed E-state index contributed by atoms with van der Waals surface area (Å²) in [5.41, 5.74) is 0. The lowest BCUT2D eigenvalue weighted by atomic mass is 10.4. The van der Waals surface area contributed by atoms with E-state index in [2.05, 4.69) is 5.32 Å². The van der Waals surface area contributed by atoms with Crippen LogP contribution in [0.1, 0.15) is 0 Å². The van der Waals surface area contributed by atoms with Crippen molar-refractivity contribution in [2.75, 3.05) is 14.1 Å². The van der Waals surface area contributed by atoms with Gasteiger partial charge >= 0.3 is 0 Å². The molecule has 0 aliphatic heterocycles. The minimum atomic E-state index is -3.52. The summed E-state index contributed by atoms with van der Waals surface area (Å²) in [6, 6.07) is 8.16. The summed E-state index contributed by atoms with van der Waals surface area (Å²) in [6.45, 7) is 0. The Bertz CT molecular complexity index is 442. The van der Waals surface area contributed by atoms with E-state index in [-0.39, 0.29) is 10.0 Å². The van der Waals surface area contributed by atoms with Crippen LogP contribution in [0, 0.1) is 0 Å². The molecule has 82 valence electrons. The molecule has 0 saturated heterocycles. The Labute approximate surface area is 95.0 Å². The fraction of sp³-hybridized carbons (Fsp3) is 0.222. The van der Waals surface area contributed by atoms with E-state index < -0.39 is 10.0 Å². The number of nitrogens with one attached hydrogen (secondary N) is 1. The van der Waals surface area contributed by atoms with Crippen molar-refractivity contribution in [3.63, 3.8) is 0 Å². The summed E-state index contributed by atoms with van der Waals surface area (Å²) in [6.07, 6.45) is 0. The summed E-state index contributed by atoms with van der Waals surface area (Å²) in [5, 5.41) is 2.78. The molecule has 1 aromatic rings. The molecule has 0 amide bonds. The SMILES string of the molecule is CNC(=S)N(C)S(=O)(=O)c1ccccc1. The van der Waals surface area contributed by atoms with Crippen molar-refractivity contribution in [3.8, 4) is 0 Å². The van der Waals surface area contributed by atoms with Crippen LogP contribution < -0.4 is 5.32 Å². The number of nitrogens with zero attached hydrogens (tertiary/aromatic N) is 1. The zero-order chi connectivity index (χ0) is 11.5. The molecule has 4 nitrogen and oxygen atoms in total. The van der Waals surface area contributed by atoms with Gasteiger partial charge in [-0.15, -0.1) is 0 Å². The molecular weight excluding hydrogens is 232 g/mol. The number of sulfonamides is 1. The van der Waals surface area contributed by atoms with Gasteiger partial charge in [0.1, 0.15) is 0 Å². The molecule has 0 atom stereocenters. The van der Waals surface area contributed by atoms with Crippen LogP contribution in [0.25, 0.3) is 0 Å². The predicted molar refractivity (Wildman–Crippen MR) is 63.0 cm³/mol. The first-order valence-corrected chi connectivity index (χ1v) is 6.10. The average molecular weight is 244 g/mol. The zero-order valence-corrected chi connectivity index (χ0v) is 10.1. The molecule has 6 heteroatoms. The van der Waals surface area contributed by atoms with Crippen molar-refractivity contribution in [2.24, 2.45) is 0 Å². The fourth-order valence-corrected chi connectivity index (χ4v) is 2.44. The van der Waals surface area contributed by atoms with Gasteiger partial charge < -0.3 is 5.32 Å². The van der Waals surface area contributed by atoms with E-state index in [1.54, 1.807) is 25.2 Å². The molecule has 0 heterocycles. The second-order valence-corrected chi connectivity index (χ2v) is 5.20. The summed E-state index contributed by atoms with van der Waals surface area (Å²) in [7, 11) is -0.520. The standard InChI is InChI=1S/C9H12N2O2S2/c1-10-9(14)11(2)15(12,13)8-6-4-3-5-7-8/h3-7H,1-2H3,(H,10,14). The molecular formula is C9H12N2O2S2. The van der Waals surface area contributed by atoms with Gasteiger partial charge in [-0.3, -0.25) is 0 Å². The third-order valence-electron chi connectivity index (χ3n) is 1.90. The zero-order valence-electron chi connectivity index (χ0n) is 8.47. The molecule has 0 aromatic heterocycles. The number of hydrogen-bond acceptors (Lipinski definition) is 3. The van der Waals surface area contributed by atoms with Crippen molar-refractivity contribution in [2.45, 2.75) is 4.90 Å². The average Bonchev–Trinajstić information content (AvgIpc) is 2.28. The van der Waals surface area contributed by atoms with Gasteiger partial charge in [-0.25, -0.2) is 12.7 Å². The number of thiocarbonyl (C=S) groups is 1. The van der Waals surface area contributed by atoms with Gasteiger partial charge in [-0.2, -0.15) is 0 Å². The second-order valence-electron chi connectivity index (χ2n) is 2.84. The fourth-order valence-electron chi connectivity index (χ4n) is 1.02. The van der Waals surface area contributed by atoms with Crippen LogP contribution in [0.5, 0.6) is 0 Å². The largest absolute Gasteiger partial charge is 0.365 e. The summed E-state index contributed by atoms with van der Waals surface area (Å²) >= 11 is 4.86. The Balaban J connectivity index is 3.09. The molecule has 0 fully saturated rings. The third-order valence-corrected chi connectivity index (χ3v) is 4.27. The van der Waals surface area contributed by atoms with Gasteiger partial charge in [0, 0.05) is 14.1 Å². The molecule has 0 aliphatic carbocycles. The Morgan fingerprint density at radius 2 is 1.87 bits per heavy atom. The highest BCUT2D eigenvalue weighted by Gasteiger charge is 2.21. The van der Waals surface area contributed by atoms with E-state index in [9.17, 15) is 8.42 Å². The Morgan fingerprint density at radius 3 is 2.33 bits per heavy atom. The molecule has 0 spiro atoms. The topological polar surface area (TPSA) is 49.4 Å². The number of benzene rings is 1. The molecule has 1 aromatic carbocycles. The summed E-state index contributed by atoms with van der Waals surface area (Å²) in [5.74, 6) is 0. The van der Waals surface area contributed by atoms with Crippen LogP contribution >= 0.6 is 12.2 Å². The molecule has 0 saturated carbocycles. The van der Waals surface area contributed by atoms with Crippen LogP contribution in [0.15, 0.2) is 35.2 Å². The van der Waals surface area contributed by atoms with E-state index in [1.807, 2.05) is 0 Å². The summed E-state index contributed by atoms with van der Waals surface area (Å²) in [4.78, 5) is 0.227. The van der Waals surface area contributed by atoms with E-state index >= 15 is 0 Å². The molecule has 1 N–H and O–H groups in total. The number of hydrogen-bond donors (Lipinski definition) is 1. The van der Waals surface area contributed by atoms with Crippen LogP contribution in [0.4, 0.5) is 0 Å². The van der Waals surface area contributed by atoms with Crippen LogP contribution in [0.3, 0.4) is 0 Å². The second kappa shape index (κ2) is 4.59. The van der Waals surface area contributed by atoms with E-state index in [0.29, 0.717) is 0 Å². The Morgan fingerprint density at radius 1 is 1.33 bits per heavy atom. The quantitative estimate of drug-likeness (QED) is 0.782. The normalized spacial score (nSPS) is 10.8.